The number of hydrogen-bond acceptors (Lipinski definition) is 12. The first-order valence-electron chi connectivity index (χ1n) is 20.2. The molecular weight excluding hydrogens is 680 g/mol. The Morgan fingerprint density at radius 1 is 0.962 bits per heavy atom. The van der Waals surface area contributed by atoms with Crippen molar-refractivity contribution >= 4 is 11.8 Å². The Morgan fingerprint density at radius 3 is 2.36 bits per heavy atom. The van der Waals surface area contributed by atoms with Gasteiger partial charge in [-0.2, -0.15) is 0 Å². The van der Waals surface area contributed by atoms with E-state index in [0.29, 0.717) is 30.9 Å². The number of aliphatic hydroxyl groups excluding tert-OH is 1. The van der Waals surface area contributed by atoms with Gasteiger partial charge in [0.25, 0.3) is 0 Å². The van der Waals surface area contributed by atoms with E-state index in [2.05, 4.69) is 38.9 Å². The maximum Gasteiger partial charge on any atom is 0.306 e. The Bertz CT molecular complexity index is 1370. The highest BCUT2D eigenvalue weighted by molar-refractivity contribution is 5.99. The summed E-state index contributed by atoms with van der Waals surface area (Å²) in [6, 6.07) is 0.315. The fourth-order valence-corrected chi connectivity index (χ4v) is 10.6. The fraction of sp³-hybridized carbons (Fsp3) is 0.854. The van der Waals surface area contributed by atoms with Crippen LogP contribution in [-0.4, -0.2) is 123 Å². The zero-order valence-corrected chi connectivity index (χ0v) is 33.4. The molecule has 0 aromatic heterocycles. The lowest BCUT2D eigenvalue weighted by Gasteiger charge is -2.44. The molecule has 3 saturated heterocycles. The molecule has 0 radical (unpaired) electrons. The summed E-state index contributed by atoms with van der Waals surface area (Å²) in [6.45, 7) is 10.0. The van der Waals surface area contributed by atoms with Gasteiger partial charge in [-0.1, -0.05) is 31.6 Å². The molecule has 3 heterocycles. The molecule has 0 amide bonds. The Hall–Kier alpha value is -1.74. The standard InChI is InChI=1S/C41H66N2O10/c1-10-25-12-11-13-33(53-35-15-14-32(43(6)7)23(4)49-35)22(3)36(45)29-20-41(42)30(28(29)19-34(44)51-25)16-21(2)27-17-26(18-31(27)41)52-40-39(48-9)38(47-8)37(46)24(5)50-40/h16,20,22-28,30-33,35,37-40,46H,10-15,17-19,42H2,1-9H3/t22-,23-,24+,25+,26+,27-,28-,30+,31?,32+,33+,35+,37+,38-,39-,40+,41+/m1/s1. The van der Waals surface area contributed by atoms with Crippen molar-refractivity contribution in [3.05, 3.63) is 23.3 Å². The predicted octanol–water partition coefficient (Wildman–Crippen LogP) is 4.30. The molecule has 0 aromatic rings. The molecule has 12 heteroatoms. The number of fused-ring (bicyclic) bond motifs is 5. The van der Waals surface area contributed by atoms with Gasteiger partial charge < -0.3 is 48.9 Å². The van der Waals surface area contributed by atoms with Crippen LogP contribution in [0.15, 0.2) is 23.3 Å². The number of nitrogens with two attached hydrogens (primary N) is 1. The van der Waals surface area contributed by atoms with Crippen molar-refractivity contribution in [2.75, 3.05) is 28.3 Å². The van der Waals surface area contributed by atoms with Crippen LogP contribution in [0.4, 0.5) is 0 Å². The number of Topliss-reactive ketones (excluding diaryl/α,β-unsaturated/α-hetero) is 1. The van der Waals surface area contributed by atoms with Gasteiger partial charge in [0.1, 0.15) is 24.4 Å². The summed E-state index contributed by atoms with van der Waals surface area (Å²) in [6.07, 6.45) is 5.86. The number of nitrogens with zero attached hydrogens (tertiary/aromatic N) is 1. The molecule has 0 aromatic carbocycles. The molecule has 53 heavy (non-hydrogen) atoms. The minimum atomic E-state index is -0.867. The molecule has 0 spiro atoms. The van der Waals surface area contributed by atoms with Crippen LogP contribution in [0.3, 0.4) is 0 Å². The normalized spacial score (nSPS) is 46.7. The van der Waals surface area contributed by atoms with Gasteiger partial charge in [-0.3, -0.25) is 9.59 Å². The number of esters is 1. The zero-order chi connectivity index (χ0) is 38.4. The minimum absolute atomic E-state index is 0.00989. The van der Waals surface area contributed by atoms with Gasteiger partial charge in [0, 0.05) is 43.6 Å². The van der Waals surface area contributed by atoms with Crippen LogP contribution in [0.5, 0.6) is 0 Å². The van der Waals surface area contributed by atoms with Crippen molar-refractivity contribution in [1.29, 1.82) is 0 Å². The summed E-state index contributed by atoms with van der Waals surface area (Å²) in [4.78, 5) is 30.6. The summed E-state index contributed by atoms with van der Waals surface area (Å²) in [5, 5.41) is 10.7. The number of methoxy groups -OCH3 is 2. The molecule has 1 unspecified atom stereocenters. The average molecular weight is 747 g/mol. The summed E-state index contributed by atoms with van der Waals surface area (Å²) in [5.74, 6) is -1.31. The van der Waals surface area contributed by atoms with E-state index in [0.717, 1.165) is 32.1 Å². The summed E-state index contributed by atoms with van der Waals surface area (Å²) in [7, 11) is 7.27. The minimum Gasteiger partial charge on any atom is -0.462 e. The number of ketones is 1. The second-order valence-electron chi connectivity index (χ2n) is 17.0. The highest BCUT2D eigenvalue weighted by Gasteiger charge is 2.59. The van der Waals surface area contributed by atoms with E-state index in [9.17, 15) is 14.7 Å². The van der Waals surface area contributed by atoms with Crippen LogP contribution in [0.25, 0.3) is 0 Å². The van der Waals surface area contributed by atoms with Gasteiger partial charge in [-0.05, 0) is 104 Å². The highest BCUT2D eigenvalue weighted by Crippen LogP contribution is 2.57. The van der Waals surface area contributed by atoms with Crippen LogP contribution >= 0.6 is 0 Å². The third kappa shape index (κ3) is 8.09. The van der Waals surface area contributed by atoms with Crippen LogP contribution in [-0.2, 0) is 42.7 Å². The number of rotatable bonds is 8. The number of carbonyl (C=O) groups is 2. The van der Waals surface area contributed by atoms with Crippen LogP contribution in [0, 0.1) is 29.6 Å². The second-order valence-corrected chi connectivity index (χ2v) is 17.0. The molecule has 300 valence electrons. The third-order valence-corrected chi connectivity index (χ3v) is 13.6. The maximum atomic E-state index is 14.8. The van der Waals surface area contributed by atoms with E-state index in [1.807, 2.05) is 19.9 Å². The topological polar surface area (TPSA) is 148 Å². The molecule has 3 aliphatic carbocycles. The van der Waals surface area contributed by atoms with E-state index in [-0.39, 0.29) is 66.6 Å². The number of allylic oxidation sites excluding steroid dienone is 2. The van der Waals surface area contributed by atoms with Gasteiger partial charge in [0.05, 0.1) is 30.8 Å². The first-order chi connectivity index (χ1) is 25.2. The third-order valence-electron chi connectivity index (χ3n) is 13.6. The average Bonchev–Trinajstić information content (AvgIpc) is 3.67. The molecule has 12 nitrogen and oxygen atoms in total. The summed E-state index contributed by atoms with van der Waals surface area (Å²) < 4.78 is 43.3. The Kier molecular flexibility index (Phi) is 12.9. The number of hydrogen-bond donors (Lipinski definition) is 2. The van der Waals surface area contributed by atoms with Crippen molar-refractivity contribution in [3.8, 4) is 0 Å². The largest absolute Gasteiger partial charge is 0.462 e. The fourth-order valence-electron chi connectivity index (χ4n) is 10.6. The van der Waals surface area contributed by atoms with Crippen LogP contribution in [0.2, 0.25) is 0 Å². The Balaban J connectivity index is 1.26. The van der Waals surface area contributed by atoms with Gasteiger partial charge in [0.2, 0.25) is 0 Å². The molecule has 17 atom stereocenters. The monoisotopic (exact) mass is 746 g/mol. The van der Waals surface area contributed by atoms with Crippen molar-refractivity contribution in [3.63, 3.8) is 0 Å². The number of carbonyl (C=O) groups excluding carboxylic acids is 2. The molecule has 4 fully saturated rings. The first kappa shape index (κ1) is 40.9. The first-order valence-corrected chi connectivity index (χ1v) is 20.2. The SMILES string of the molecule is CC[C@H]1CCC[C@H](O[C@H]2CC[C@H](N(C)C)[C@@H](C)O2)[C@@H](C)C(=O)C2=C[C@@]3(N)C4C[C@@H](O[C@@H]5O[C@@H](C)[C@H](O)[C@@H](OC)[C@H]5OC)C[C@@H]4C(C)=C[C@H]3[C@@H]2CC(=O)O1. The van der Waals surface area contributed by atoms with Gasteiger partial charge in [-0.25, -0.2) is 0 Å². The zero-order valence-electron chi connectivity index (χ0n) is 33.4. The second kappa shape index (κ2) is 16.8. The molecule has 0 bridgehead atoms. The quantitative estimate of drug-likeness (QED) is 0.270. The van der Waals surface area contributed by atoms with Gasteiger partial charge >= 0.3 is 5.97 Å². The Morgan fingerprint density at radius 2 is 1.70 bits per heavy atom. The smallest absolute Gasteiger partial charge is 0.306 e. The van der Waals surface area contributed by atoms with Crippen molar-refractivity contribution < 1.29 is 47.9 Å². The molecule has 3 N–H and O–H groups in total. The lowest BCUT2D eigenvalue weighted by molar-refractivity contribution is -0.311. The number of cyclic esters (lactones) is 1. The number of ether oxygens (including phenoxy) is 7. The van der Waals surface area contributed by atoms with Crippen LogP contribution in [0.1, 0.15) is 92.4 Å². The van der Waals surface area contributed by atoms with Gasteiger partial charge in [0.15, 0.2) is 18.4 Å². The van der Waals surface area contributed by atoms with Crippen molar-refractivity contribution in [2.45, 2.75) is 165 Å². The van der Waals surface area contributed by atoms with E-state index >= 15 is 0 Å². The molecular formula is C41H66N2O10. The van der Waals surface area contributed by atoms with Crippen molar-refractivity contribution in [1.82, 2.24) is 4.90 Å². The van der Waals surface area contributed by atoms with E-state index in [4.69, 9.17) is 38.9 Å². The van der Waals surface area contributed by atoms with E-state index < -0.39 is 48.1 Å². The van der Waals surface area contributed by atoms with E-state index in [1.54, 1.807) is 21.1 Å². The maximum absolute atomic E-state index is 14.8. The number of likely N-dealkylation sites (N-methyl/N-ethyl adjacent to an activating group) is 1. The molecule has 6 rings (SSSR count). The number of aliphatic hydroxyl groups is 1. The molecule has 6 aliphatic rings. The summed E-state index contributed by atoms with van der Waals surface area (Å²) in [5.41, 5.74) is 8.49. The lowest BCUT2D eigenvalue weighted by Crippen LogP contribution is -2.59. The lowest BCUT2D eigenvalue weighted by atomic mass is 9.63. The Labute approximate surface area is 316 Å². The van der Waals surface area contributed by atoms with Crippen molar-refractivity contribution in [2.24, 2.45) is 35.3 Å². The predicted molar refractivity (Wildman–Crippen MR) is 197 cm³/mol. The molecule has 3 aliphatic heterocycles. The summed E-state index contributed by atoms with van der Waals surface area (Å²) >= 11 is 0. The van der Waals surface area contributed by atoms with Crippen LogP contribution < -0.4 is 5.73 Å². The highest BCUT2D eigenvalue weighted by atomic mass is 16.7. The van der Waals surface area contributed by atoms with E-state index in [1.165, 1.54) is 5.57 Å². The van der Waals surface area contributed by atoms with Gasteiger partial charge in [-0.15, -0.1) is 0 Å². The molecule has 1 saturated carbocycles.